The van der Waals surface area contributed by atoms with Gasteiger partial charge >= 0.3 is 11.9 Å². The molecule has 14 N–H and O–H groups in total. The van der Waals surface area contributed by atoms with Crippen molar-refractivity contribution in [2.45, 2.75) is 110 Å². The van der Waals surface area contributed by atoms with Crippen molar-refractivity contribution >= 4 is 11.9 Å². The predicted molar refractivity (Wildman–Crippen MR) is 154 cm³/mol. The van der Waals surface area contributed by atoms with E-state index in [0.29, 0.717) is 12.2 Å². The van der Waals surface area contributed by atoms with Crippen LogP contribution in [0.15, 0.2) is 12.2 Å². The highest BCUT2D eigenvalue weighted by atomic mass is 16.8. The molecule has 4 heterocycles. The number of esters is 2. The molecule has 4 aliphatic heterocycles. The van der Waals surface area contributed by atoms with Crippen molar-refractivity contribution < 1.29 is 119 Å². The largest absolute Gasteiger partial charge is 0.460 e. The molecule has 0 unspecified atom stereocenters. The van der Waals surface area contributed by atoms with E-state index in [1.807, 2.05) is 0 Å². The molecule has 0 amide bonds. The Morgan fingerprint density at radius 1 is 0.500 bits per heavy atom. The second-order valence-corrected chi connectivity index (χ2v) is 12.3. The summed E-state index contributed by atoms with van der Waals surface area (Å²) in [5.41, 5.74) is 0. The van der Waals surface area contributed by atoms with E-state index in [2.05, 4.69) is 0 Å². The summed E-state index contributed by atoms with van der Waals surface area (Å²) in [6.07, 6.45) is -28.2. The van der Waals surface area contributed by atoms with Gasteiger partial charge in [0.25, 0.3) is 0 Å². The van der Waals surface area contributed by atoms with Gasteiger partial charge in [-0.15, -0.1) is 0 Å². The van der Waals surface area contributed by atoms with Gasteiger partial charge in [0, 0.05) is 12.2 Å². The van der Waals surface area contributed by atoms with Crippen LogP contribution in [0.25, 0.3) is 0 Å². The number of ether oxygens (including phenoxy) is 8. The van der Waals surface area contributed by atoms with Crippen molar-refractivity contribution in [2.75, 3.05) is 39.6 Å². The fraction of sp³-hybridized carbons (Fsp3) is 0.857. The summed E-state index contributed by atoms with van der Waals surface area (Å²) in [5.74, 6) is -7.38. The Kier molecular flexibility index (Phi) is 14.4. The molecular weight excluding hydrogens is 720 g/mol. The molecule has 0 aromatic rings. The zero-order valence-electron chi connectivity index (χ0n) is 27.0. The molecule has 300 valence electrons. The van der Waals surface area contributed by atoms with Crippen LogP contribution in [0.4, 0.5) is 0 Å². The van der Waals surface area contributed by atoms with E-state index in [1.165, 1.54) is 0 Å². The first-order chi connectivity index (χ1) is 24.5. The van der Waals surface area contributed by atoms with Crippen LogP contribution in [0.3, 0.4) is 0 Å². The van der Waals surface area contributed by atoms with Crippen LogP contribution in [0, 0.1) is 0 Å². The fourth-order valence-corrected chi connectivity index (χ4v) is 5.80. The molecule has 0 saturated carbocycles. The zero-order chi connectivity index (χ0) is 38.7. The zero-order valence-corrected chi connectivity index (χ0v) is 27.0. The van der Waals surface area contributed by atoms with Gasteiger partial charge in [0.05, 0.1) is 13.2 Å². The molecular formula is C28H44O24. The Hall–Kier alpha value is -2.12. The number of carbonyl (C=O) groups is 2. The van der Waals surface area contributed by atoms with Crippen molar-refractivity contribution in [3.8, 4) is 0 Å². The Labute approximate surface area is 292 Å². The fourth-order valence-electron chi connectivity index (χ4n) is 5.80. The van der Waals surface area contributed by atoms with E-state index in [-0.39, 0.29) is 0 Å². The Bertz CT molecular complexity index is 1130. The second kappa shape index (κ2) is 17.6. The van der Waals surface area contributed by atoms with Gasteiger partial charge in [-0.3, -0.25) is 0 Å². The third kappa shape index (κ3) is 8.56. The third-order valence-electron chi connectivity index (χ3n) is 8.92. The van der Waals surface area contributed by atoms with Crippen LogP contribution >= 0.6 is 0 Å². The summed E-state index contributed by atoms with van der Waals surface area (Å²) in [6, 6.07) is 0. The maximum absolute atomic E-state index is 12.3. The number of aliphatic hydroxyl groups excluding tert-OH is 14. The standard InChI is InChI=1S/C28H44O24/c29-3-9-17(37)23(43)27(7-31,49-9)51-25-21(41)19(39)15(35)11(47-25)5-45-13(33)1-2-14(34)46-6-12-16(36)20(40)22(42)26(48-12)52-28(8-32)24(44)18(38)10(4-30)50-28/h1-2,9-12,15-26,29-32,35-44H,3-8H2/b2-1-/t9-,10-,11-,12-,15-,16-,17-,18-,19+,20+,21-,22-,23+,24+,25-,26-,27+,28+/m1/s1. The van der Waals surface area contributed by atoms with E-state index in [4.69, 9.17) is 37.9 Å². The summed E-state index contributed by atoms with van der Waals surface area (Å²) in [4.78, 5) is 24.6. The average molecular weight is 765 g/mol. The predicted octanol–water partition coefficient (Wildman–Crippen LogP) is -10.1. The highest BCUT2D eigenvalue weighted by Crippen LogP contribution is 2.37. The van der Waals surface area contributed by atoms with Crippen molar-refractivity contribution in [3.63, 3.8) is 0 Å². The molecule has 4 rings (SSSR count). The normalized spacial score (nSPS) is 46.8. The highest BCUT2D eigenvalue weighted by molar-refractivity contribution is 5.91. The van der Waals surface area contributed by atoms with Gasteiger partial charge in [-0.05, 0) is 0 Å². The van der Waals surface area contributed by atoms with Crippen LogP contribution in [0.1, 0.15) is 0 Å². The van der Waals surface area contributed by atoms with Crippen molar-refractivity contribution in [1.29, 1.82) is 0 Å². The molecule has 0 bridgehead atoms. The van der Waals surface area contributed by atoms with Crippen molar-refractivity contribution in [1.82, 2.24) is 0 Å². The van der Waals surface area contributed by atoms with Crippen LogP contribution in [-0.2, 0) is 47.5 Å². The molecule has 0 aromatic carbocycles. The molecule has 4 aliphatic rings. The van der Waals surface area contributed by atoms with E-state index >= 15 is 0 Å². The van der Waals surface area contributed by atoms with Gasteiger partial charge in [-0.2, -0.15) is 0 Å². The molecule has 18 atom stereocenters. The lowest BCUT2D eigenvalue weighted by Crippen LogP contribution is -2.62. The highest BCUT2D eigenvalue weighted by Gasteiger charge is 2.60. The minimum Gasteiger partial charge on any atom is -0.460 e. The van der Waals surface area contributed by atoms with Gasteiger partial charge in [0.1, 0.15) is 112 Å². The Morgan fingerprint density at radius 3 is 1.13 bits per heavy atom. The monoisotopic (exact) mass is 764 g/mol. The lowest BCUT2D eigenvalue weighted by atomic mass is 9.99. The van der Waals surface area contributed by atoms with E-state index in [1.54, 1.807) is 0 Å². The van der Waals surface area contributed by atoms with E-state index < -0.39 is 161 Å². The lowest BCUT2D eigenvalue weighted by Gasteiger charge is -2.43. The molecule has 0 aliphatic carbocycles. The number of aliphatic hydroxyl groups is 14. The summed E-state index contributed by atoms with van der Waals surface area (Å²) in [6.45, 7) is -5.54. The molecule has 4 saturated heterocycles. The van der Waals surface area contributed by atoms with Gasteiger partial charge in [-0.1, -0.05) is 0 Å². The third-order valence-corrected chi connectivity index (χ3v) is 8.92. The van der Waals surface area contributed by atoms with Gasteiger partial charge < -0.3 is 109 Å². The van der Waals surface area contributed by atoms with Crippen LogP contribution in [0.2, 0.25) is 0 Å². The van der Waals surface area contributed by atoms with Gasteiger partial charge in [-0.25, -0.2) is 9.59 Å². The smallest absolute Gasteiger partial charge is 0.331 e. The van der Waals surface area contributed by atoms with Crippen molar-refractivity contribution in [3.05, 3.63) is 12.2 Å². The quantitative estimate of drug-likeness (QED) is 0.0576. The van der Waals surface area contributed by atoms with Crippen LogP contribution < -0.4 is 0 Å². The Balaban J connectivity index is 1.29. The number of rotatable bonds is 14. The summed E-state index contributed by atoms with van der Waals surface area (Å²) >= 11 is 0. The van der Waals surface area contributed by atoms with Gasteiger partial charge in [0.15, 0.2) is 12.6 Å². The maximum Gasteiger partial charge on any atom is 0.331 e. The number of hydrogen-bond acceptors (Lipinski definition) is 24. The first-order valence-corrected chi connectivity index (χ1v) is 15.8. The first kappa shape index (κ1) is 42.6. The number of carbonyl (C=O) groups excluding carboxylic acids is 2. The average Bonchev–Trinajstić information content (AvgIpc) is 3.53. The Morgan fingerprint density at radius 2 is 0.846 bits per heavy atom. The molecule has 24 nitrogen and oxygen atoms in total. The summed E-state index contributed by atoms with van der Waals surface area (Å²) in [5, 5.41) is 141. The maximum atomic E-state index is 12.3. The molecule has 52 heavy (non-hydrogen) atoms. The SMILES string of the molecule is O=C(/C=C\C(=O)OC[C@H]1O[C@H](O[C@]2(CO)O[C@H](CO)[C@@H](O)[C@@H]2O)[C@H](O)[C@@H](O)[C@@H]1O)OC[C@H]1O[C@H](O[C@]2(CO)O[C@H](CO)[C@@H](O)[C@@H]2O)[C@H](O)[C@@H](O)[C@@H]1O. The molecule has 24 heteroatoms. The summed E-state index contributed by atoms with van der Waals surface area (Å²) < 4.78 is 41.6. The second-order valence-electron chi connectivity index (χ2n) is 12.3. The summed E-state index contributed by atoms with van der Waals surface area (Å²) in [7, 11) is 0. The van der Waals surface area contributed by atoms with E-state index in [0.717, 1.165) is 0 Å². The number of hydrogen-bond donors (Lipinski definition) is 14. The van der Waals surface area contributed by atoms with Crippen LogP contribution in [0.5, 0.6) is 0 Å². The molecule has 0 spiro atoms. The first-order valence-electron chi connectivity index (χ1n) is 15.8. The molecule has 4 fully saturated rings. The molecule has 0 radical (unpaired) electrons. The minimum atomic E-state index is -2.45. The van der Waals surface area contributed by atoms with E-state index in [9.17, 15) is 81.1 Å². The van der Waals surface area contributed by atoms with Crippen LogP contribution in [-0.4, -0.2) is 233 Å². The lowest BCUT2D eigenvalue weighted by molar-refractivity contribution is -0.383. The van der Waals surface area contributed by atoms with Crippen molar-refractivity contribution in [2.24, 2.45) is 0 Å². The van der Waals surface area contributed by atoms with Gasteiger partial charge in [0.2, 0.25) is 11.6 Å². The molecule has 0 aromatic heterocycles. The topological polar surface area (TPSA) is 391 Å². The minimum absolute atomic E-state index is 0.548.